The molecular formula is C22H24ClN5OS. The van der Waals surface area contributed by atoms with Gasteiger partial charge in [0.05, 0.1) is 5.69 Å². The van der Waals surface area contributed by atoms with E-state index < -0.39 is 0 Å². The van der Waals surface area contributed by atoms with Crippen molar-refractivity contribution < 1.29 is 4.79 Å². The molecule has 0 aromatic carbocycles. The highest BCUT2D eigenvalue weighted by atomic mass is 35.5. The van der Waals surface area contributed by atoms with Gasteiger partial charge in [0.1, 0.15) is 10.0 Å². The number of amides is 1. The number of thiazole rings is 1. The highest BCUT2D eigenvalue weighted by Gasteiger charge is 2.35. The van der Waals surface area contributed by atoms with Crippen LogP contribution in [-0.2, 0) is 11.8 Å². The zero-order valence-corrected chi connectivity index (χ0v) is 18.5. The maximum absolute atomic E-state index is 13.1. The summed E-state index contributed by atoms with van der Waals surface area (Å²) in [7, 11) is 0. The van der Waals surface area contributed by atoms with Crippen molar-refractivity contribution in [3.63, 3.8) is 0 Å². The van der Waals surface area contributed by atoms with E-state index >= 15 is 0 Å². The summed E-state index contributed by atoms with van der Waals surface area (Å²) in [6.45, 7) is 2.58. The van der Waals surface area contributed by atoms with Gasteiger partial charge in [0.25, 0.3) is 5.91 Å². The van der Waals surface area contributed by atoms with E-state index in [0.29, 0.717) is 33.8 Å². The summed E-state index contributed by atoms with van der Waals surface area (Å²) in [4.78, 5) is 31.2. The van der Waals surface area contributed by atoms with E-state index in [1.165, 1.54) is 17.8 Å². The molecule has 30 heavy (non-hydrogen) atoms. The first-order chi connectivity index (χ1) is 14.6. The van der Waals surface area contributed by atoms with Crippen molar-refractivity contribution in [1.29, 1.82) is 0 Å². The molecule has 6 nitrogen and oxygen atoms in total. The number of halogens is 1. The predicted octanol–water partition coefficient (Wildman–Crippen LogP) is 4.84. The lowest BCUT2D eigenvalue weighted by Crippen LogP contribution is -2.42. The van der Waals surface area contributed by atoms with Gasteiger partial charge in [-0.15, -0.1) is 11.3 Å². The van der Waals surface area contributed by atoms with E-state index in [9.17, 15) is 4.79 Å². The number of hydrogen-bond donors (Lipinski definition) is 1. The van der Waals surface area contributed by atoms with Gasteiger partial charge >= 0.3 is 0 Å². The molecule has 1 N–H and O–H groups in total. The van der Waals surface area contributed by atoms with E-state index in [1.807, 2.05) is 25.3 Å². The van der Waals surface area contributed by atoms with Crippen molar-refractivity contribution >= 4 is 28.8 Å². The Morgan fingerprint density at radius 1 is 1.17 bits per heavy atom. The molecule has 0 saturated heterocycles. The Hall–Kier alpha value is -2.38. The summed E-state index contributed by atoms with van der Waals surface area (Å²) >= 11 is 7.34. The standard InChI is InChI=1S/C22H24ClN5OS/c1-2-16-18(30-21(28-16)19-24-11-6-12-25-19)20(29)27-14-22(9-4-3-5-10-22)15-7-8-17(23)26-13-15/h6-8,11-13H,2-5,9-10,14H2,1H3,(H,27,29). The van der Waals surface area contributed by atoms with Crippen molar-refractivity contribution in [2.24, 2.45) is 0 Å². The van der Waals surface area contributed by atoms with E-state index in [-0.39, 0.29) is 11.3 Å². The molecule has 1 aliphatic carbocycles. The third-order valence-corrected chi connectivity index (χ3v) is 7.05. The van der Waals surface area contributed by atoms with E-state index in [0.717, 1.165) is 36.9 Å². The third kappa shape index (κ3) is 4.37. The lowest BCUT2D eigenvalue weighted by atomic mass is 9.70. The van der Waals surface area contributed by atoms with Crippen molar-refractivity contribution in [2.45, 2.75) is 50.9 Å². The molecule has 156 valence electrons. The van der Waals surface area contributed by atoms with Crippen molar-refractivity contribution in [2.75, 3.05) is 6.54 Å². The first-order valence-corrected chi connectivity index (χ1v) is 11.5. The van der Waals surface area contributed by atoms with Crippen LogP contribution in [0.2, 0.25) is 5.15 Å². The van der Waals surface area contributed by atoms with Crippen LogP contribution < -0.4 is 5.32 Å². The quantitative estimate of drug-likeness (QED) is 0.553. The van der Waals surface area contributed by atoms with Crippen LogP contribution in [0.5, 0.6) is 0 Å². The van der Waals surface area contributed by atoms with Gasteiger partial charge in [-0.1, -0.05) is 43.9 Å². The highest BCUT2D eigenvalue weighted by Crippen LogP contribution is 2.39. The zero-order valence-electron chi connectivity index (χ0n) is 16.9. The number of aromatic nitrogens is 4. The van der Waals surface area contributed by atoms with E-state index in [1.54, 1.807) is 18.5 Å². The second kappa shape index (κ2) is 9.18. The fourth-order valence-corrected chi connectivity index (χ4v) is 5.22. The topological polar surface area (TPSA) is 80.7 Å². The second-order valence-corrected chi connectivity index (χ2v) is 9.00. The zero-order chi connectivity index (χ0) is 21.0. The summed E-state index contributed by atoms with van der Waals surface area (Å²) in [6.07, 6.45) is 11.5. The second-order valence-electron chi connectivity index (χ2n) is 7.61. The van der Waals surface area contributed by atoms with Crippen LogP contribution >= 0.6 is 22.9 Å². The molecule has 0 radical (unpaired) electrons. The number of nitrogens with zero attached hydrogens (tertiary/aromatic N) is 4. The fourth-order valence-electron chi connectivity index (χ4n) is 4.09. The summed E-state index contributed by atoms with van der Waals surface area (Å²) < 4.78 is 0. The Balaban J connectivity index is 1.55. The molecule has 0 aliphatic heterocycles. The average Bonchev–Trinajstić information content (AvgIpc) is 3.24. The number of carbonyl (C=O) groups excluding carboxylic acids is 1. The lowest BCUT2D eigenvalue weighted by Gasteiger charge is -2.37. The van der Waals surface area contributed by atoms with Gasteiger partial charge in [-0.2, -0.15) is 0 Å². The maximum atomic E-state index is 13.1. The van der Waals surface area contributed by atoms with Crippen LogP contribution in [0.25, 0.3) is 10.8 Å². The van der Waals surface area contributed by atoms with E-state index in [2.05, 4.69) is 25.3 Å². The molecule has 0 spiro atoms. The number of rotatable bonds is 6. The van der Waals surface area contributed by atoms with E-state index in [4.69, 9.17) is 11.6 Å². The third-order valence-electron chi connectivity index (χ3n) is 5.73. The maximum Gasteiger partial charge on any atom is 0.263 e. The van der Waals surface area contributed by atoms with Crippen LogP contribution in [0.3, 0.4) is 0 Å². The van der Waals surface area contributed by atoms with Gasteiger partial charge in [0.15, 0.2) is 10.8 Å². The number of carbonyl (C=O) groups is 1. The van der Waals surface area contributed by atoms with Crippen molar-refractivity contribution in [1.82, 2.24) is 25.3 Å². The van der Waals surface area contributed by atoms with Gasteiger partial charge in [0.2, 0.25) is 0 Å². The minimum atomic E-state index is -0.103. The number of nitrogens with one attached hydrogen (secondary N) is 1. The molecule has 3 aromatic rings. The number of hydrogen-bond acceptors (Lipinski definition) is 6. The molecule has 4 rings (SSSR count). The van der Waals surface area contributed by atoms with Crippen LogP contribution in [0, 0.1) is 0 Å². The van der Waals surface area contributed by atoms with Gasteiger partial charge < -0.3 is 5.32 Å². The monoisotopic (exact) mass is 441 g/mol. The van der Waals surface area contributed by atoms with Gasteiger partial charge in [-0.3, -0.25) is 4.79 Å². The lowest BCUT2D eigenvalue weighted by molar-refractivity contribution is 0.0939. The van der Waals surface area contributed by atoms with Crippen LogP contribution in [0.1, 0.15) is 60.0 Å². The molecule has 1 amide bonds. The van der Waals surface area contributed by atoms with Gasteiger partial charge in [-0.25, -0.2) is 19.9 Å². The molecule has 1 fully saturated rings. The SMILES string of the molecule is CCc1nc(-c2ncccn2)sc1C(=O)NCC1(c2ccc(Cl)nc2)CCCCC1. The Morgan fingerprint density at radius 2 is 1.93 bits per heavy atom. The molecule has 3 heterocycles. The molecule has 1 aliphatic rings. The number of pyridine rings is 1. The highest BCUT2D eigenvalue weighted by molar-refractivity contribution is 7.17. The molecular weight excluding hydrogens is 418 g/mol. The smallest absolute Gasteiger partial charge is 0.263 e. The van der Waals surface area contributed by atoms with Crippen LogP contribution in [0.4, 0.5) is 0 Å². The molecule has 0 unspecified atom stereocenters. The summed E-state index contributed by atoms with van der Waals surface area (Å²) in [5, 5.41) is 4.35. The molecule has 0 bridgehead atoms. The van der Waals surface area contributed by atoms with Crippen LogP contribution in [0.15, 0.2) is 36.8 Å². The predicted molar refractivity (Wildman–Crippen MR) is 119 cm³/mol. The Bertz CT molecular complexity index is 1000. The molecule has 1 saturated carbocycles. The molecule has 0 atom stereocenters. The number of aryl methyl sites for hydroxylation is 1. The first kappa shape index (κ1) is 20.9. The summed E-state index contributed by atoms with van der Waals surface area (Å²) in [5.41, 5.74) is 1.82. The van der Waals surface area contributed by atoms with Crippen molar-refractivity contribution in [3.05, 3.63) is 58.1 Å². The fraction of sp³-hybridized carbons (Fsp3) is 0.409. The first-order valence-electron chi connectivity index (χ1n) is 10.3. The van der Waals surface area contributed by atoms with Crippen LogP contribution in [-0.4, -0.2) is 32.4 Å². The summed E-state index contributed by atoms with van der Waals surface area (Å²) in [5.74, 6) is 0.464. The Labute approximate surface area is 185 Å². The minimum absolute atomic E-state index is 0.0848. The molecule has 8 heteroatoms. The van der Waals surface area contributed by atoms with Gasteiger partial charge in [0, 0.05) is 30.6 Å². The Morgan fingerprint density at radius 3 is 2.60 bits per heavy atom. The minimum Gasteiger partial charge on any atom is -0.350 e. The average molecular weight is 442 g/mol. The largest absolute Gasteiger partial charge is 0.350 e. The normalized spacial score (nSPS) is 15.7. The Kier molecular flexibility index (Phi) is 6.39. The summed E-state index contributed by atoms with van der Waals surface area (Å²) in [6, 6.07) is 5.64. The molecule has 3 aromatic heterocycles. The van der Waals surface area contributed by atoms with Gasteiger partial charge in [-0.05, 0) is 37.0 Å². The van der Waals surface area contributed by atoms with Crippen molar-refractivity contribution in [3.8, 4) is 10.8 Å².